The number of rotatable bonds is 9. The maximum absolute atomic E-state index is 14.1. The van der Waals surface area contributed by atoms with Crippen LogP contribution in [-0.2, 0) is 16.1 Å². The van der Waals surface area contributed by atoms with Gasteiger partial charge in [-0.2, -0.15) is 0 Å². The summed E-state index contributed by atoms with van der Waals surface area (Å²) in [6.07, 6.45) is 3.44. The van der Waals surface area contributed by atoms with Crippen LogP contribution in [0, 0.1) is 0 Å². The topological polar surface area (TPSA) is 79.1 Å². The Labute approximate surface area is 287 Å². The highest BCUT2D eigenvalue weighted by atomic mass is 79.9. The highest BCUT2D eigenvalue weighted by Crippen LogP contribution is 2.38. The molecule has 4 aromatic rings. The summed E-state index contributed by atoms with van der Waals surface area (Å²) in [5, 5.41) is 1.04. The Kier molecular flexibility index (Phi) is 10.5. The van der Waals surface area contributed by atoms with Crippen molar-refractivity contribution in [1.29, 1.82) is 0 Å². The van der Waals surface area contributed by atoms with Crippen molar-refractivity contribution in [2.75, 3.05) is 13.4 Å². The minimum Gasteiger partial charge on any atom is -0.493 e. The molecule has 0 amide bonds. The first-order valence-corrected chi connectivity index (χ1v) is 17.4. The number of nitrogens with zero attached hydrogens (tertiary/aromatic N) is 2. The molecule has 2 heterocycles. The number of halogens is 3. The maximum atomic E-state index is 14.1. The Bertz CT molecular complexity index is 1990. The van der Waals surface area contributed by atoms with Gasteiger partial charge in [0.2, 0.25) is 0 Å². The molecule has 0 fully saturated rings. The second-order valence-corrected chi connectivity index (χ2v) is 14.0. The fraction of sp³-hybridized carbons (Fsp3) is 0.242. The zero-order chi connectivity index (χ0) is 32.4. The average molecular weight is 749 g/mol. The molecule has 0 radical (unpaired) electrons. The van der Waals surface area contributed by atoms with Crippen LogP contribution in [0.25, 0.3) is 6.08 Å². The predicted molar refractivity (Wildman–Crippen MR) is 185 cm³/mol. The van der Waals surface area contributed by atoms with Gasteiger partial charge in [-0.15, -0.1) is 11.8 Å². The van der Waals surface area contributed by atoms with E-state index in [4.69, 9.17) is 37.4 Å². The lowest BCUT2D eigenvalue weighted by atomic mass is 9.96. The number of hydrogen-bond donors (Lipinski definition) is 0. The lowest BCUT2D eigenvalue weighted by molar-refractivity contribution is -0.143. The van der Waals surface area contributed by atoms with Gasteiger partial charge in [-0.3, -0.25) is 9.36 Å². The smallest absolute Gasteiger partial charge is 0.338 e. The number of hydrogen-bond acceptors (Lipinski definition) is 8. The molecule has 1 aromatic heterocycles. The van der Waals surface area contributed by atoms with Gasteiger partial charge < -0.3 is 14.2 Å². The Morgan fingerprint density at radius 2 is 1.89 bits per heavy atom. The van der Waals surface area contributed by atoms with E-state index in [1.54, 1.807) is 74.6 Å². The van der Waals surface area contributed by atoms with E-state index in [1.807, 2.05) is 36.6 Å². The van der Waals surface area contributed by atoms with Gasteiger partial charge in [0.1, 0.15) is 6.61 Å². The van der Waals surface area contributed by atoms with Crippen LogP contribution in [-0.4, -0.2) is 30.0 Å². The fourth-order valence-corrected chi connectivity index (χ4v) is 7.36. The monoisotopic (exact) mass is 746 g/mol. The number of thiazole rings is 1. The van der Waals surface area contributed by atoms with Gasteiger partial charge in [0.05, 0.1) is 39.5 Å². The van der Waals surface area contributed by atoms with Crippen molar-refractivity contribution in [3.05, 3.63) is 117 Å². The molecule has 1 aliphatic rings. The molecule has 45 heavy (non-hydrogen) atoms. The number of allylic oxidation sites excluding steroid dienone is 1. The molecule has 234 valence electrons. The van der Waals surface area contributed by atoms with Crippen LogP contribution in [0.1, 0.15) is 43.5 Å². The van der Waals surface area contributed by atoms with E-state index in [9.17, 15) is 9.59 Å². The second-order valence-electron chi connectivity index (χ2n) is 10.4. The van der Waals surface area contributed by atoms with Crippen molar-refractivity contribution in [3.8, 4) is 11.5 Å². The minimum absolute atomic E-state index is 0.196. The minimum atomic E-state index is -0.692. The van der Waals surface area contributed by atoms with Gasteiger partial charge in [-0.25, -0.2) is 9.79 Å². The summed E-state index contributed by atoms with van der Waals surface area (Å²) in [6, 6.07) is 16.0. The third-order valence-electron chi connectivity index (χ3n) is 6.95. The van der Waals surface area contributed by atoms with E-state index in [-0.39, 0.29) is 18.3 Å². The van der Waals surface area contributed by atoms with Gasteiger partial charge in [-0.05, 0) is 96.6 Å². The Morgan fingerprint density at radius 1 is 1.16 bits per heavy atom. The summed E-state index contributed by atoms with van der Waals surface area (Å²) in [6.45, 7) is 5.55. The zero-order valence-electron chi connectivity index (χ0n) is 25.0. The summed E-state index contributed by atoms with van der Waals surface area (Å²) >= 11 is 18.8. The van der Waals surface area contributed by atoms with E-state index < -0.39 is 12.0 Å². The van der Waals surface area contributed by atoms with Crippen molar-refractivity contribution in [1.82, 2.24) is 4.57 Å². The third-order valence-corrected chi connectivity index (χ3v) is 9.86. The first-order valence-electron chi connectivity index (χ1n) is 13.8. The molecular formula is C33H29BrCl2N2O5S2. The summed E-state index contributed by atoms with van der Waals surface area (Å²) in [5.74, 6) is 0.457. The highest BCUT2D eigenvalue weighted by Gasteiger charge is 2.33. The molecule has 12 heteroatoms. The lowest BCUT2D eigenvalue weighted by Crippen LogP contribution is -2.40. The quantitative estimate of drug-likeness (QED) is 0.130. The van der Waals surface area contributed by atoms with Crippen molar-refractivity contribution in [3.63, 3.8) is 0 Å². The SMILES string of the molecule is COc1cc(/C=c2\sc3n(c2=O)[C@@H](c2ccc(SC)cc2)C(C(=O)OC(C)C)=C(C)N=3)cc(Br)c1OCc1ccc(Cl)cc1Cl. The van der Waals surface area contributed by atoms with Gasteiger partial charge in [0.25, 0.3) is 5.56 Å². The summed E-state index contributed by atoms with van der Waals surface area (Å²) in [7, 11) is 1.55. The van der Waals surface area contributed by atoms with Crippen LogP contribution in [0.4, 0.5) is 0 Å². The molecule has 0 unspecified atom stereocenters. The summed E-state index contributed by atoms with van der Waals surface area (Å²) < 4.78 is 20.0. The molecule has 7 nitrogen and oxygen atoms in total. The average Bonchev–Trinajstić information content (AvgIpc) is 3.29. The number of carbonyl (C=O) groups excluding carboxylic acids is 1. The number of esters is 1. The molecule has 0 N–H and O–H groups in total. The number of thioether (sulfide) groups is 1. The summed E-state index contributed by atoms with van der Waals surface area (Å²) in [5.41, 5.74) is 2.84. The van der Waals surface area contributed by atoms with E-state index in [0.717, 1.165) is 16.0 Å². The van der Waals surface area contributed by atoms with Crippen LogP contribution in [0.3, 0.4) is 0 Å². The van der Waals surface area contributed by atoms with Gasteiger partial charge in [-0.1, -0.05) is 52.7 Å². The molecule has 5 rings (SSSR count). The predicted octanol–water partition coefficient (Wildman–Crippen LogP) is 7.57. The van der Waals surface area contributed by atoms with E-state index in [0.29, 0.717) is 52.2 Å². The molecule has 0 aliphatic carbocycles. The largest absolute Gasteiger partial charge is 0.493 e. The van der Waals surface area contributed by atoms with Crippen LogP contribution in [0.5, 0.6) is 11.5 Å². The van der Waals surface area contributed by atoms with Crippen molar-refractivity contribution < 1.29 is 19.0 Å². The van der Waals surface area contributed by atoms with Crippen LogP contribution < -0.4 is 24.4 Å². The van der Waals surface area contributed by atoms with Crippen LogP contribution in [0.2, 0.25) is 10.0 Å². The lowest BCUT2D eigenvalue weighted by Gasteiger charge is -2.25. The van der Waals surface area contributed by atoms with Crippen molar-refractivity contribution >= 4 is 74.3 Å². The molecular weight excluding hydrogens is 719 g/mol. The number of ether oxygens (including phenoxy) is 3. The van der Waals surface area contributed by atoms with Crippen molar-refractivity contribution in [2.24, 2.45) is 4.99 Å². The Morgan fingerprint density at radius 3 is 2.53 bits per heavy atom. The first-order chi connectivity index (χ1) is 21.5. The van der Waals surface area contributed by atoms with E-state index in [1.165, 1.54) is 11.3 Å². The highest BCUT2D eigenvalue weighted by molar-refractivity contribution is 9.10. The molecule has 0 bridgehead atoms. The van der Waals surface area contributed by atoms with Gasteiger partial charge in [0.15, 0.2) is 16.3 Å². The molecule has 1 atom stereocenters. The third kappa shape index (κ3) is 7.20. The number of methoxy groups -OCH3 is 1. The van der Waals surface area contributed by atoms with E-state index >= 15 is 0 Å². The number of carbonyl (C=O) groups is 1. The molecule has 1 aliphatic heterocycles. The van der Waals surface area contributed by atoms with Gasteiger partial charge >= 0.3 is 5.97 Å². The normalized spacial score (nSPS) is 14.8. The standard InChI is InChI=1S/C33H29BrCl2N2O5S2/c1-17(2)43-32(40)28-18(3)37-33-38(29(28)20-7-10-23(44-5)11-8-20)31(39)27(45-33)14-19-12-24(34)30(26(13-19)41-4)42-16-21-6-9-22(35)15-25(21)36/h6-15,17,29H,16H2,1-5H3/b27-14-/t29-/m0/s1. The maximum Gasteiger partial charge on any atom is 0.338 e. The van der Waals surface area contributed by atoms with Crippen molar-refractivity contribution in [2.45, 2.75) is 44.4 Å². The number of fused-ring (bicyclic) bond motifs is 1. The van der Waals surface area contributed by atoms with Crippen LogP contribution >= 0.6 is 62.2 Å². The Balaban J connectivity index is 1.57. The first kappa shape index (κ1) is 33.3. The summed E-state index contributed by atoms with van der Waals surface area (Å²) in [4.78, 5) is 33.7. The molecule has 0 saturated carbocycles. The molecule has 3 aromatic carbocycles. The second kappa shape index (κ2) is 14.2. The van der Waals surface area contributed by atoms with E-state index in [2.05, 4.69) is 20.9 Å². The molecule has 0 saturated heterocycles. The fourth-order valence-electron chi connectivity index (χ4n) is 4.87. The van der Waals surface area contributed by atoms with Gasteiger partial charge in [0, 0.05) is 20.5 Å². The molecule has 0 spiro atoms. The van der Waals surface area contributed by atoms with Crippen LogP contribution in [0.15, 0.2) is 85.0 Å². The number of aromatic nitrogens is 1. The number of benzene rings is 3. The Hall–Kier alpha value is -3.02. The zero-order valence-corrected chi connectivity index (χ0v) is 29.8.